The van der Waals surface area contributed by atoms with E-state index in [0.717, 1.165) is 11.1 Å². The van der Waals surface area contributed by atoms with E-state index in [1.165, 1.54) is 0 Å². The Balaban J connectivity index is 2.93. The lowest BCUT2D eigenvalue weighted by molar-refractivity contribution is -0.140. The predicted octanol–water partition coefficient (Wildman–Crippen LogP) is 3.72. The van der Waals surface area contributed by atoms with Gasteiger partial charge in [-0.2, -0.15) is 0 Å². The molecule has 2 nitrogen and oxygen atoms in total. The van der Waals surface area contributed by atoms with Crippen LogP contribution >= 0.6 is 11.6 Å². The van der Waals surface area contributed by atoms with Gasteiger partial charge in [0.1, 0.15) is 0 Å². The van der Waals surface area contributed by atoms with Crippen LogP contribution in [-0.4, -0.2) is 13.2 Å². The van der Waals surface area contributed by atoms with Crippen molar-refractivity contribution >= 4 is 11.6 Å². The zero-order valence-electron chi connectivity index (χ0n) is 9.42. The van der Waals surface area contributed by atoms with E-state index in [4.69, 9.17) is 21.1 Å². The Bertz CT molecular complexity index is 306. The van der Waals surface area contributed by atoms with E-state index < -0.39 is 0 Å². The number of halogens is 1. The average molecular weight is 229 g/mol. The summed E-state index contributed by atoms with van der Waals surface area (Å²) in [4.78, 5) is 0. The van der Waals surface area contributed by atoms with Crippen LogP contribution in [0.5, 0.6) is 0 Å². The first kappa shape index (κ1) is 12.5. The zero-order chi connectivity index (χ0) is 11.3. The Morgan fingerprint density at radius 2 is 1.80 bits per heavy atom. The van der Waals surface area contributed by atoms with E-state index in [9.17, 15) is 0 Å². The minimum absolute atomic E-state index is 0.307. The monoisotopic (exact) mass is 228 g/mol. The summed E-state index contributed by atoms with van der Waals surface area (Å²) in [6.07, 6.45) is -0.307. The lowest BCUT2D eigenvalue weighted by atomic mass is 10.1. The highest BCUT2D eigenvalue weighted by Crippen LogP contribution is 2.25. The summed E-state index contributed by atoms with van der Waals surface area (Å²) in [6.45, 7) is 7.17. The summed E-state index contributed by atoms with van der Waals surface area (Å²) >= 11 is 5.95. The predicted molar refractivity (Wildman–Crippen MR) is 62.2 cm³/mol. The number of hydrogen-bond acceptors (Lipinski definition) is 2. The molecule has 0 spiro atoms. The molecule has 0 aromatic heterocycles. The molecule has 0 aliphatic carbocycles. The summed E-state index contributed by atoms with van der Waals surface area (Å²) in [6, 6.07) is 5.74. The molecule has 0 radical (unpaired) electrons. The largest absolute Gasteiger partial charge is 0.349 e. The fourth-order valence-electron chi connectivity index (χ4n) is 1.40. The summed E-state index contributed by atoms with van der Waals surface area (Å²) < 4.78 is 11.0. The van der Waals surface area contributed by atoms with Gasteiger partial charge in [-0.3, -0.25) is 0 Å². The van der Waals surface area contributed by atoms with E-state index in [1.807, 2.05) is 39.0 Å². The van der Waals surface area contributed by atoms with Crippen molar-refractivity contribution in [3.63, 3.8) is 0 Å². The molecule has 0 saturated heterocycles. The maximum Gasteiger partial charge on any atom is 0.184 e. The second-order valence-electron chi connectivity index (χ2n) is 3.24. The topological polar surface area (TPSA) is 18.5 Å². The molecule has 0 bridgehead atoms. The van der Waals surface area contributed by atoms with Crippen molar-refractivity contribution in [1.29, 1.82) is 0 Å². The smallest absolute Gasteiger partial charge is 0.184 e. The lowest BCUT2D eigenvalue weighted by Crippen LogP contribution is -2.10. The molecule has 0 aliphatic rings. The van der Waals surface area contributed by atoms with Crippen LogP contribution < -0.4 is 0 Å². The van der Waals surface area contributed by atoms with Crippen molar-refractivity contribution in [1.82, 2.24) is 0 Å². The zero-order valence-corrected chi connectivity index (χ0v) is 10.2. The molecule has 0 saturated carbocycles. The van der Waals surface area contributed by atoms with Gasteiger partial charge in [-0.15, -0.1) is 0 Å². The van der Waals surface area contributed by atoms with E-state index >= 15 is 0 Å². The van der Waals surface area contributed by atoms with Crippen LogP contribution in [0.2, 0.25) is 5.02 Å². The van der Waals surface area contributed by atoms with Gasteiger partial charge in [0.2, 0.25) is 0 Å². The average Bonchev–Trinajstić information content (AvgIpc) is 2.21. The molecule has 0 heterocycles. The number of aryl methyl sites for hydroxylation is 1. The van der Waals surface area contributed by atoms with E-state index in [2.05, 4.69) is 0 Å². The van der Waals surface area contributed by atoms with Gasteiger partial charge in [-0.25, -0.2) is 0 Å². The molecule has 1 aromatic rings. The quantitative estimate of drug-likeness (QED) is 0.716. The maximum absolute atomic E-state index is 5.95. The number of ether oxygens (including phenoxy) is 2. The number of hydrogen-bond donors (Lipinski definition) is 0. The molecule has 0 aliphatic heterocycles. The molecule has 1 aromatic carbocycles. The second kappa shape index (κ2) is 6.11. The highest BCUT2D eigenvalue weighted by Gasteiger charge is 2.13. The highest BCUT2D eigenvalue weighted by molar-refractivity contribution is 6.30. The molecule has 0 amide bonds. The van der Waals surface area contributed by atoms with Gasteiger partial charge >= 0.3 is 0 Å². The second-order valence-corrected chi connectivity index (χ2v) is 3.68. The highest BCUT2D eigenvalue weighted by atomic mass is 35.5. The van der Waals surface area contributed by atoms with Crippen LogP contribution in [-0.2, 0) is 9.47 Å². The molecule has 0 unspecified atom stereocenters. The minimum atomic E-state index is -0.307. The van der Waals surface area contributed by atoms with Gasteiger partial charge in [0.25, 0.3) is 0 Å². The van der Waals surface area contributed by atoms with Crippen LogP contribution in [0.3, 0.4) is 0 Å². The van der Waals surface area contributed by atoms with E-state index in [0.29, 0.717) is 18.2 Å². The SMILES string of the molecule is CCOC(OCC)c1cc(Cl)ccc1C. The van der Waals surface area contributed by atoms with E-state index in [1.54, 1.807) is 0 Å². The van der Waals surface area contributed by atoms with E-state index in [-0.39, 0.29) is 6.29 Å². The molecular weight excluding hydrogens is 212 g/mol. The first-order valence-electron chi connectivity index (χ1n) is 5.18. The summed E-state index contributed by atoms with van der Waals surface area (Å²) in [5, 5.41) is 0.708. The molecule has 0 fully saturated rings. The van der Waals surface area contributed by atoms with Gasteiger partial charge in [0, 0.05) is 23.8 Å². The molecule has 84 valence electrons. The van der Waals surface area contributed by atoms with Crippen LogP contribution in [0.15, 0.2) is 18.2 Å². The standard InChI is InChI=1S/C12H17ClO2/c1-4-14-12(15-5-2)11-8-10(13)7-6-9(11)3/h6-8,12H,4-5H2,1-3H3. The Morgan fingerprint density at radius 1 is 1.20 bits per heavy atom. The van der Waals surface area contributed by atoms with Crippen LogP contribution in [0.25, 0.3) is 0 Å². The third kappa shape index (κ3) is 3.49. The van der Waals surface area contributed by atoms with Gasteiger partial charge in [0.15, 0.2) is 6.29 Å². The third-order valence-electron chi connectivity index (χ3n) is 2.13. The van der Waals surface area contributed by atoms with Gasteiger partial charge < -0.3 is 9.47 Å². The van der Waals surface area contributed by atoms with Crippen molar-refractivity contribution < 1.29 is 9.47 Å². The van der Waals surface area contributed by atoms with Crippen LogP contribution in [0, 0.1) is 6.92 Å². The van der Waals surface area contributed by atoms with Crippen molar-refractivity contribution in [3.8, 4) is 0 Å². The normalized spacial score (nSPS) is 11.0. The first-order valence-corrected chi connectivity index (χ1v) is 5.56. The van der Waals surface area contributed by atoms with Gasteiger partial charge in [-0.05, 0) is 38.5 Å². The minimum Gasteiger partial charge on any atom is -0.349 e. The summed E-state index contributed by atoms with van der Waals surface area (Å²) in [7, 11) is 0. The Morgan fingerprint density at radius 3 is 2.33 bits per heavy atom. The molecule has 3 heteroatoms. The van der Waals surface area contributed by atoms with Crippen molar-refractivity contribution in [3.05, 3.63) is 34.3 Å². The van der Waals surface area contributed by atoms with Crippen LogP contribution in [0.4, 0.5) is 0 Å². The summed E-state index contributed by atoms with van der Waals surface area (Å²) in [5.74, 6) is 0. The third-order valence-corrected chi connectivity index (χ3v) is 2.37. The lowest BCUT2D eigenvalue weighted by Gasteiger charge is -2.19. The fourth-order valence-corrected chi connectivity index (χ4v) is 1.58. The van der Waals surface area contributed by atoms with Crippen molar-refractivity contribution in [2.24, 2.45) is 0 Å². The molecule has 15 heavy (non-hydrogen) atoms. The first-order chi connectivity index (χ1) is 7.19. The fraction of sp³-hybridized carbons (Fsp3) is 0.500. The maximum atomic E-state index is 5.95. The van der Waals surface area contributed by atoms with Gasteiger partial charge in [-0.1, -0.05) is 17.7 Å². The van der Waals surface area contributed by atoms with Crippen molar-refractivity contribution in [2.75, 3.05) is 13.2 Å². The van der Waals surface area contributed by atoms with Gasteiger partial charge in [0.05, 0.1) is 0 Å². The molecule has 0 atom stereocenters. The van der Waals surface area contributed by atoms with Crippen LogP contribution in [0.1, 0.15) is 31.3 Å². The van der Waals surface area contributed by atoms with Crippen molar-refractivity contribution in [2.45, 2.75) is 27.1 Å². The number of rotatable bonds is 5. The number of benzene rings is 1. The Hall–Kier alpha value is -0.570. The molecule has 0 N–H and O–H groups in total. The molecular formula is C12H17ClO2. The Labute approximate surface area is 96.2 Å². The molecule has 1 rings (SSSR count). The summed E-state index contributed by atoms with van der Waals surface area (Å²) in [5.41, 5.74) is 2.14. The Kier molecular flexibility index (Phi) is 5.09.